The van der Waals surface area contributed by atoms with E-state index in [0.717, 1.165) is 36.3 Å². The number of carbonyl (C=O) groups excluding carboxylic acids is 1. The lowest BCUT2D eigenvalue weighted by Crippen LogP contribution is -2.15. The van der Waals surface area contributed by atoms with Gasteiger partial charge >= 0.3 is 0 Å². The first-order chi connectivity index (χ1) is 15.7. The van der Waals surface area contributed by atoms with E-state index >= 15 is 0 Å². The van der Waals surface area contributed by atoms with Gasteiger partial charge in [-0.1, -0.05) is 23.4 Å². The predicted octanol–water partition coefficient (Wildman–Crippen LogP) is 3.43. The maximum atomic E-state index is 12.6. The van der Waals surface area contributed by atoms with E-state index in [1.165, 1.54) is 0 Å². The van der Waals surface area contributed by atoms with Gasteiger partial charge in [0.1, 0.15) is 22.9 Å². The Bertz CT molecular complexity index is 1280. The van der Waals surface area contributed by atoms with E-state index < -0.39 is 0 Å². The Labute approximate surface area is 183 Å². The van der Waals surface area contributed by atoms with Gasteiger partial charge in [-0.15, -0.1) is 5.11 Å². The Morgan fingerprint density at radius 1 is 1.16 bits per heavy atom. The normalized spacial score (nSPS) is 16.1. The molecule has 0 bridgehead atoms. The first kappa shape index (κ1) is 19.8. The van der Waals surface area contributed by atoms with Crippen LogP contribution in [0, 0.1) is 0 Å². The highest BCUT2D eigenvalue weighted by Gasteiger charge is 2.25. The number of imidazole rings is 1. The summed E-state index contributed by atoms with van der Waals surface area (Å²) < 4.78 is 1.98. The molecular weight excluding hydrogens is 406 g/mol. The molecule has 1 aliphatic rings. The third-order valence-electron chi connectivity index (χ3n) is 5.41. The molecule has 5 rings (SSSR count). The summed E-state index contributed by atoms with van der Waals surface area (Å²) in [5, 5.41) is 13.7. The fraction of sp³-hybridized carbons (Fsp3) is 0.182. The number of carbonyl (C=O) groups is 1. The molecule has 1 aromatic carbocycles. The lowest BCUT2D eigenvalue weighted by Gasteiger charge is -2.08. The molecule has 0 radical (unpaired) electrons. The maximum Gasteiger partial charge on any atom is 0.256 e. The van der Waals surface area contributed by atoms with Gasteiger partial charge in [-0.25, -0.2) is 15.0 Å². The minimum atomic E-state index is -0.236. The zero-order chi connectivity index (χ0) is 21.9. The molecule has 10 nitrogen and oxygen atoms in total. The maximum absolute atomic E-state index is 12.6. The second-order valence-electron chi connectivity index (χ2n) is 7.40. The largest absolute Gasteiger partial charge is 0.307 e. The standard InChI is InChI=1S/C22H21N9O/c23-30-29-20-19-18(28-21(16-4-3-11-24-16)31(19)13-12-26-20)14-6-8-15(9-7-14)22(32)27-17-5-1-2-10-25-17/h1-2,5-10,12-13,16,24H,3-4,11H2,(H2,23,26,29)(H,25,27,32)/t16-/m0/s1. The number of pyridine rings is 1. The summed E-state index contributed by atoms with van der Waals surface area (Å²) in [6, 6.07) is 12.7. The molecule has 0 aliphatic carbocycles. The number of anilines is 1. The average Bonchev–Trinajstić information content (AvgIpc) is 3.49. The molecule has 4 heterocycles. The highest BCUT2D eigenvalue weighted by molar-refractivity contribution is 6.04. The first-order valence-corrected chi connectivity index (χ1v) is 10.3. The van der Waals surface area contributed by atoms with E-state index in [4.69, 9.17) is 10.8 Å². The van der Waals surface area contributed by atoms with Crippen LogP contribution in [0.4, 0.5) is 11.6 Å². The molecule has 0 spiro atoms. The molecule has 1 atom stereocenters. The van der Waals surface area contributed by atoms with Crippen molar-refractivity contribution < 1.29 is 4.79 Å². The molecular formula is C22H21N9O. The molecule has 1 aliphatic heterocycles. The third-order valence-corrected chi connectivity index (χ3v) is 5.41. The molecule has 0 unspecified atom stereocenters. The van der Waals surface area contributed by atoms with Gasteiger partial charge in [0, 0.05) is 29.7 Å². The lowest BCUT2D eigenvalue weighted by atomic mass is 10.1. The SMILES string of the molecule is NN=Nc1nccn2c([C@@H]3CCCN3)nc(-c3ccc(C(=O)Nc4ccccn4)cc3)c12. The molecule has 1 amide bonds. The summed E-state index contributed by atoms with van der Waals surface area (Å²) in [5.41, 5.74) is 2.78. The van der Waals surface area contributed by atoms with E-state index in [-0.39, 0.29) is 11.9 Å². The second kappa shape index (κ2) is 8.52. The summed E-state index contributed by atoms with van der Waals surface area (Å²) in [7, 11) is 0. The van der Waals surface area contributed by atoms with Gasteiger partial charge < -0.3 is 16.5 Å². The fourth-order valence-corrected chi connectivity index (χ4v) is 3.93. The average molecular weight is 427 g/mol. The van der Waals surface area contributed by atoms with Gasteiger partial charge in [0.2, 0.25) is 5.82 Å². The first-order valence-electron chi connectivity index (χ1n) is 10.3. The number of fused-ring (bicyclic) bond motifs is 1. The molecule has 10 heteroatoms. The Balaban J connectivity index is 1.53. The molecule has 4 N–H and O–H groups in total. The molecule has 1 saturated heterocycles. The van der Waals surface area contributed by atoms with Crippen LogP contribution >= 0.6 is 0 Å². The quantitative estimate of drug-likeness (QED) is 0.254. The summed E-state index contributed by atoms with van der Waals surface area (Å²) in [6.07, 6.45) is 7.25. The van der Waals surface area contributed by atoms with Crippen LogP contribution in [0.1, 0.15) is 35.1 Å². The second-order valence-corrected chi connectivity index (χ2v) is 7.40. The van der Waals surface area contributed by atoms with Crippen LogP contribution in [0.15, 0.2) is 71.4 Å². The summed E-state index contributed by atoms with van der Waals surface area (Å²) in [5.74, 6) is 6.85. The van der Waals surface area contributed by atoms with Crippen LogP contribution in [0.5, 0.6) is 0 Å². The van der Waals surface area contributed by atoms with Crippen molar-refractivity contribution in [1.82, 2.24) is 24.7 Å². The third kappa shape index (κ3) is 3.67. The Morgan fingerprint density at radius 3 is 2.75 bits per heavy atom. The monoisotopic (exact) mass is 427 g/mol. The van der Waals surface area contributed by atoms with E-state index in [9.17, 15) is 4.79 Å². The highest BCUT2D eigenvalue weighted by atomic mass is 16.1. The number of aromatic nitrogens is 4. The van der Waals surface area contributed by atoms with Crippen molar-refractivity contribution in [2.45, 2.75) is 18.9 Å². The number of benzene rings is 1. The Morgan fingerprint density at radius 2 is 2.03 bits per heavy atom. The van der Waals surface area contributed by atoms with Crippen LogP contribution < -0.4 is 16.5 Å². The van der Waals surface area contributed by atoms with E-state index in [1.807, 2.05) is 28.8 Å². The van der Waals surface area contributed by atoms with Crippen molar-refractivity contribution in [3.8, 4) is 11.3 Å². The minimum absolute atomic E-state index is 0.143. The van der Waals surface area contributed by atoms with Gasteiger partial charge in [0.15, 0.2) is 0 Å². The number of rotatable bonds is 5. The molecule has 3 aromatic heterocycles. The van der Waals surface area contributed by atoms with Gasteiger partial charge in [-0.05, 0) is 43.7 Å². The van der Waals surface area contributed by atoms with Crippen LogP contribution in [0.2, 0.25) is 0 Å². The molecule has 0 saturated carbocycles. The summed E-state index contributed by atoms with van der Waals surface area (Å²) >= 11 is 0. The topological polar surface area (TPSA) is 135 Å². The minimum Gasteiger partial charge on any atom is -0.307 e. The number of amides is 1. The highest BCUT2D eigenvalue weighted by Crippen LogP contribution is 2.34. The Hall–Kier alpha value is -4.18. The molecule has 32 heavy (non-hydrogen) atoms. The number of nitrogens with two attached hydrogens (primary N) is 1. The fourth-order valence-electron chi connectivity index (χ4n) is 3.93. The van der Waals surface area contributed by atoms with Crippen molar-refractivity contribution in [2.24, 2.45) is 16.2 Å². The van der Waals surface area contributed by atoms with Crippen LogP contribution in [-0.2, 0) is 0 Å². The zero-order valence-electron chi connectivity index (χ0n) is 17.1. The summed E-state index contributed by atoms with van der Waals surface area (Å²) in [6.45, 7) is 0.954. The van der Waals surface area contributed by atoms with Crippen molar-refractivity contribution in [3.05, 3.63) is 72.4 Å². The van der Waals surface area contributed by atoms with Gasteiger partial charge in [-0.2, -0.15) is 0 Å². The zero-order valence-corrected chi connectivity index (χ0v) is 17.1. The van der Waals surface area contributed by atoms with Gasteiger partial charge in [0.25, 0.3) is 5.91 Å². The number of nitrogens with zero attached hydrogens (tertiary/aromatic N) is 6. The van der Waals surface area contributed by atoms with Gasteiger partial charge in [-0.3, -0.25) is 9.20 Å². The van der Waals surface area contributed by atoms with Crippen molar-refractivity contribution in [2.75, 3.05) is 11.9 Å². The van der Waals surface area contributed by atoms with Crippen LogP contribution in [0.3, 0.4) is 0 Å². The molecule has 4 aromatic rings. The number of nitrogens with one attached hydrogen (secondary N) is 2. The predicted molar refractivity (Wildman–Crippen MR) is 119 cm³/mol. The van der Waals surface area contributed by atoms with Crippen molar-refractivity contribution >= 4 is 23.1 Å². The summed E-state index contributed by atoms with van der Waals surface area (Å²) in [4.78, 5) is 25.9. The van der Waals surface area contributed by atoms with E-state index in [0.29, 0.717) is 22.9 Å². The van der Waals surface area contributed by atoms with Crippen LogP contribution in [-0.4, -0.2) is 31.8 Å². The van der Waals surface area contributed by atoms with Crippen LogP contribution in [0.25, 0.3) is 16.8 Å². The number of hydrogen-bond donors (Lipinski definition) is 3. The Kier molecular flexibility index (Phi) is 5.26. The van der Waals surface area contributed by atoms with Crippen molar-refractivity contribution in [1.29, 1.82) is 0 Å². The van der Waals surface area contributed by atoms with Crippen molar-refractivity contribution in [3.63, 3.8) is 0 Å². The van der Waals surface area contributed by atoms with E-state index in [1.54, 1.807) is 36.7 Å². The molecule has 1 fully saturated rings. The smallest absolute Gasteiger partial charge is 0.256 e. The van der Waals surface area contributed by atoms with Gasteiger partial charge in [0.05, 0.1) is 6.04 Å². The molecule has 160 valence electrons. The van der Waals surface area contributed by atoms with E-state index in [2.05, 4.69) is 30.9 Å². The number of hydrogen-bond acceptors (Lipinski definition) is 7. The lowest BCUT2D eigenvalue weighted by molar-refractivity contribution is 0.102.